The van der Waals surface area contributed by atoms with Crippen LogP contribution < -0.4 is 11.2 Å². The fourth-order valence-corrected chi connectivity index (χ4v) is 2.21. The summed E-state index contributed by atoms with van der Waals surface area (Å²) in [6.45, 7) is 2.42. The normalized spacial score (nSPS) is 21.6. The molecule has 1 heterocycles. The molecule has 1 aromatic rings. The van der Waals surface area contributed by atoms with E-state index in [1.165, 1.54) is 6.20 Å². The number of rotatable bonds is 4. The molecule has 0 aliphatic heterocycles. The number of allylic oxidation sites excluding steroid dienone is 2. The second-order valence-electron chi connectivity index (χ2n) is 4.39. The molecule has 2 rings (SSSR count). The Labute approximate surface area is 112 Å². The highest BCUT2D eigenvalue weighted by molar-refractivity contribution is 6.58. The highest BCUT2D eigenvalue weighted by Gasteiger charge is 2.33. The molecule has 0 saturated heterocycles. The lowest BCUT2D eigenvalue weighted by atomic mass is 9.78. The van der Waals surface area contributed by atoms with E-state index >= 15 is 0 Å². The zero-order chi connectivity index (χ0) is 13.9. The van der Waals surface area contributed by atoms with Gasteiger partial charge in [0.1, 0.15) is 11.4 Å². The van der Waals surface area contributed by atoms with Crippen LogP contribution in [-0.2, 0) is 10.3 Å². The molecular formula is C13H17BN2O3. The molecule has 100 valence electrons. The lowest BCUT2D eigenvalue weighted by Gasteiger charge is -2.32. The summed E-state index contributed by atoms with van der Waals surface area (Å²) in [6.07, 6.45) is 9.71. The first-order valence-electron chi connectivity index (χ1n) is 6.19. The van der Waals surface area contributed by atoms with Crippen molar-refractivity contribution < 1.29 is 14.8 Å². The summed E-state index contributed by atoms with van der Waals surface area (Å²) in [7, 11) is -1.58. The molecule has 1 aliphatic carbocycles. The molecule has 0 saturated carbocycles. The van der Waals surface area contributed by atoms with Crippen molar-refractivity contribution in [1.82, 2.24) is 4.98 Å². The summed E-state index contributed by atoms with van der Waals surface area (Å²) in [6, 6.07) is 1.63. The van der Waals surface area contributed by atoms with E-state index in [1.807, 2.05) is 31.2 Å². The smallest absolute Gasteiger partial charge is 0.423 e. The monoisotopic (exact) mass is 260 g/mol. The van der Waals surface area contributed by atoms with Crippen LogP contribution in [0, 0.1) is 0 Å². The lowest BCUT2D eigenvalue weighted by molar-refractivity contribution is -0.00288. The number of hydrogen-bond donors (Lipinski definition) is 3. The average Bonchev–Trinajstić information content (AvgIpc) is 2.40. The van der Waals surface area contributed by atoms with Crippen LogP contribution in [0.5, 0.6) is 0 Å². The van der Waals surface area contributed by atoms with Crippen molar-refractivity contribution in [2.45, 2.75) is 18.9 Å². The van der Waals surface area contributed by atoms with Gasteiger partial charge in [-0.05, 0) is 13.0 Å². The maximum atomic E-state index is 9.25. The van der Waals surface area contributed by atoms with Crippen LogP contribution in [0.15, 0.2) is 36.6 Å². The number of nitrogen functional groups attached to an aromatic ring is 1. The van der Waals surface area contributed by atoms with Crippen molar-refractivity contribution in [2.75, 3.05) is 12.3 Å². The summed E-state index contributed by atoms with van der Waals surface area (Å²) in [5.41, 5.74) is 6.19. The predicted octanol–water partition coefficient (Wildman–Crippen LogP) is 0.0915. The van der Waals surface area contributed by atoms with Crippen molar-refractivity contribution in [3.05, 3.63) is 42.1 Å². The number of hydrogen-bond acceptors (Lipinski definition) is 5. The second-order valence-corrected chi connectivity index (χ2v) is 4.39. The van der Waals surface area contributed by atoms with Gasteiger partial charge in [-0.15, -0.1) is 0 Å². The Bertz CT molecular complexity index is 517. The minimum absolute atomic E-state index is 0.297. The molecule has 1 atom stereocenters. The van der Waals surface area contributed by atoms with Crippen LogP contribution in [0.1, 0.15) is 18.9 Å². The molecule has 6 heteroatoms. The second kappa shape index (κ2) is 5.56. The van der Waals surface area contributed by atoms with Crippen LogP contribution in [0.25, 0.3) is 0 Å². The first kappa shape index (κ1) is 13.8. The molecule has 1 aliphatic rings. The fraction of sp³-hybridized carbons (Fsp3) is 0.308. The van der Waals surface area contributed by atoms with E-state index in [1.54, 1.807) is 6.07 Å². The van der Waals surface area contributed by atoms with Crippen molar-refractivity contribution in [2.24, 2.45) is 0 Å². The third-order valence-electron chi connectivity index (χ3n) is 3.13. The van der Waals surface area contributed by atoms with Gasteiger partial charge in [-0.1, -0.05) is 24.3 Å². The van der Waals surface area contributed by atoms with Gasteiger partial charge in [-0.2, -0.15) is 0 Å². The first-order valence-corrected chi connectivity index (χ1v) is 6.19. The third kappa shape index (κ3) is 2.70. The Morgan fingerprint density at radius 1 is 1.47 bits per heavy atom. The summed E-state index contributed by atoms with van der Waals surface area (Å²) in [5, 5.41) is 18.5. The standard InChI is InChI=1S/C13H17BN2O3/c1-2-19-13(6-4-3-5-7-13)11-8-10(14(17)18)9-16-12(11)15/h3-6,8-9,17-18H,2,7H2,1H3,(H2,15,16). The fourth-order valence-electron chi connectivity index (χ4n) is 2.21. The zero-order valence-electron chi connectivity index (χ0n) is 10.8. The molecule has 1 aromatic heterocycles. The van der Waals surface area contributed by atoms with Gasteiger partial charge in [0.15, 0.2) is 0 Å². The largest absolute Gasteiger partial charge is 0.490 e. The van der Waals surface area contributed by atoms with Crippen LogP contribution in [0.4, 0.5) is 5.82 Å². The van der Waals surface area contributed by atoms with Crippen LogP contribution >= 0.6 is 0 Å². The van der Waals surface area contributed by atoms with E-state index in [2.05, 4.69) is 4.98 Å². The topological polar surface area (TPSA) is 88.6 Å². The van der Waals surface area contributed by atoms with Gasteiger partial charge in [0.2, 0.25) is 0 Å². The van der Waals surface area contributed by atoms with Crippen molar-refractivity contribution in [3.8, 4) is 0 Å². The van der Waals surface area contributed by atoms with Crippen LogP contribution in [-0.4, -0.2) is 28.8 Å². The molecule has 19 heavy (non-hydrogen) atoms. The number of ether oxygens (including phenoxy) is 1. The molecule has 0 aromatic carbocycles. The van der Waals surface area contributed by atoms with Crippen LogP contribution in [0.2, 0.25) is 0 Å². The van der Waals surface area contributed by atoms with E-state index in [0.29, 0.717) is 29.9 Å². The van der Waals surface area contributed by atoms with Crippen LogP contribution in [0.3, 0.4) is 0 Å². The molecule has 0 radical (unpaired) electrons. The number of nitrogens with zero attached hydrogens (tertiary/aromatic N) is 1. The molecule has 0 spiro atoms. The highest BCUT2D eigenvalue weighted by atomic mass is 16.5. The Hall–Kier alpha value is -1.63. The summed E-state index contributed by atoms with van der Waals surface area (Å²) < 4.78 is 5.85. The SMILES string of the molecule is CCOC1(c2cc(B(O)O)cnc2N)C=CC=CC1. The van der Waals surface area contributed by atoms with Gasteiger partial charge in [-0.25, -0.2) is 4.98 Å². The zero-order valence-corrected chi connectivity index (χ0v) is 10.8. The third-order valence-corrected chi connectivity index (χ3v) is 3.13. The summed E-state index contributed by atoms with van der Waals surface area (Å²) >= 11 is 0. The number of nitrogens with two attached hydrogens (primary N) is 1. The molecule has 0 amide bonds. The van der Waals surface area contributed by atoms with E-state index in [0.717, 1.165) is 0 Å². The average molecular weight is 260 g/mol. The maximum Gasteiger partial charge on any atom is 0.490 e. The summed E-state index contributed by atoms with van der Waals surface area (Å²) in [5.74, 6) is 0.331. The first-order chi connectivity index (χ1) is 9.09. The van der Waals surface area contributed by atoms with Crippen molar-refractivity contribution in [3.63, 3.8) is 0 Å². The van der Waals surface area contributed by atoms with Gasteiger partial charge in [0.05, 0.1) is 0 Å². The van der Waals surface area contributed by atoms with E-state index < -0.39 is 12.7 Å². The van der Waals surface area contributed by atoms with E-state index in [-0.39, 0.29) is 0 Å². The Kier molecular flexibility index (Phi) is 4.04. The van der Waals surface area contributed by atoms with Gasteiger partial charge < -0.3 is 20.5 Å². The molecule has 1 unspecified atom stereocenters. The Morgan fingerprint density at radius 3 is 2.84 bits per heavy atom. The lowest BCUT2D eigenvalue weighted by Crippen LogP contribution is -2.35. The number of aromatic nitrogens is 1. The predicted molar refractivity (Wildman–Crippen MR) is 74.7 cm³/mol. The Morgan fingerprint density at radius 2 is 2.26 bits per heavy atom. The molecule has 5 nitrogen and oxygen atoms in total. The van der Waals surface area contributed by atoms with Gasteiger partial charge >= 0.3 is 7.12 Å². The van der Waals surface area contributed by atoms with Crippen molar-refractivity contribution in [1.29, 1.82) is 0 Å². The highest BCUT2D eigenvalue weighted by Crippen LogP contribution is 2.36. The molecular weight excluding hydrogens is 243 g/mol. The van der Waals surface area contributed by atoms with E-state index in [4.69, 9.17) is 10.5 Å². The van der Waals surface area contributed by atoms with Crippen molar-refractivity contribution >= 4 is 18.4 Å². The quantitative estimate of drug-likeness (QED) is 0.668. The molecule has 4 N–H and O–H groups in total. The molecule has 0 fully saturated rings. The molecule has 0 bridgehead atoms. The minimum Gasteiger partial charge on any atom is -0.423 e. The van der Waals surface area contributed by atoms with E-state index in [9.17, 15) is 10.0 Å². The maximum absolute atomic E-state index is 9.25. The number of anilines is 1. The summed E-state index contributed by atoms with van der Waals surface area (Å²) in [4.78, 5) is 4.02. The van der Waals surface area contributed by atoms with Gasteiger partial charge in [0, 0.05) is 30.3 Å². The van der Waals surface area contributed by atoms with Gasteiger partial charge in [-0.3, -0.25) is 0 Å². The van der Waals surface area contributed by atoms with Gasteiger partial charge in [0.25, 0.3) is 0 Å². The number of pyridine rings is 1. The Balaban J connectivity index is 2.50. The minimum atomic E-state index is -1.58.